The van der Waals surface area contributed by atoms with Crippen LogP contribution in [0.5, 0.6) is 0 Å². The number of rotatable bonds is 7. The Morgan fingerprint density at radius 3 is 2.55 bits per heavy atom. The number of carbonyl (C=O) groups is 1. The Hall–Kier alpha value is -0.610. The number of nitrogens with one attached hydrogen (secondary N) is 1. The van der Waals surface area contributed by atoms with E-state index in [1.165, 1.54) is 12.8 Å². The molecule has 1 saturated carbocycles. The first-order valence-corrected chi connectivity index (χ1v) is 8.74. The van der Waals surface area contributed by atoms with Crippen LogP contribution in [0.25, 0.3) is 0 Å². The number of ether oxygens (including phenoxy) is 1. The van der Waals surface area contributed by atoms with Crippen LogP contribution in [0.15, 0.2) is 0 Å². The largest absolute Gasteiger partial charge is 0.368 e. The number of amides is 1. The van der Waals surface area contributed by atoms with E-state index in [0.717, 1.165) is 31.7 Å². The molecule has 0 spiro atoms. The summed E-state index contributed by atoms with van der Waals surface area (Å²) in [5.74, 6) is 0.751. The summed E-state index contributed by atoms with van der Waals surface area (Å²) in [5.41, 5.74) is 0.0605. The molecule has 0 saturated heterocycles. The Kier molecular flexibility index (Phi) is 7.84. The molecule has 0 bridgehead atoms. The summed E-state index contributed by atoms with van der Waals surface area (Å²) in [4.78, 5) is 14.4. The highest BCUT2D eigenvalue weighted by molar-refractivity contribution is 5.77. The lowest BCUT2D eigenvalue weighted by Gasteiger charge is -2.33. The molecular formula is C18H36N2O2. The quantitative estimate of drug-likeness (QED) is 0.785. The summed E-state index contributed by atoms with van der Waals surface area (Å²) < 4.78 is 5.83. The second-order valence-corrected chi connectivity index (χ2v) is 8.28. The molecule has 4 heteroatoms. The Labute approximate surface area is 137 Å². The molecule has 0 radical (unpaired) electrons. The minimum absolute atomic E-state index is 0.0249. The Morgan fingerprint density at radius 1 is 1.32 bits per heavy atom. The van der Waals surface area contributed by atoms with Crippen molar-refractivity contribution < 1.29 is 9.53 Å². The molecule has 1 aliphatic carbocycles. The second kappa shape index (κ2) is 8.88. The van der Waals surface area contributed by atoms with Crippen LogP contribution in [0, 0.1) is 11.3 Å². The van der Waals surface area contributed by atoms with E-state index in [-0.39, 0.29) is 30.1 Å². The van der Waals surface area contributed by atoms with Gasteiger partial charge in [-0.25, -0.2) is 0 Å². The minimum atomic E-state index is 0.0249. The molecule has 1 amide bonds. The molecule has 0 aromatic rings. The third-order valence-electron chi connectivity index (χ3n) is 4.58. The van der Waals surface area contributed by atoms with E-state index in [2.05, 4.69) is 52.0 Å². The van der Waals surface area contributed by atoms with Crippen molar-refractivity contribution in [1.29, 1.82) is 0 Å². The molecule has 1 N–H and O–H groups in total. The average molecular weight is 312 g/mol. The Balaban J connectivity index is 2.39. The van der Waals surface area contributed by atoms with Crippen LogP contribution in [-0.4, -0.2) is 50.2 Å². The van der Waals surface area contributed by atoms with E-state index in [9.17, 15) is 4.79 Å². The monoisotopic (exact) mass is 312 g/mol. The zero-order valence-corrected chi connectivity index (χ0v) is 15.4. The highest BCUT2D eigenvalue weighted by Crippen LogP contribution is 2.26. The Bertz CT molecular complexity index is 336. The van der Waals surface area contributed by atoms with E-state index in [4.69, 9.17) is 4.74 Å². The molecule has 4 nitrogen and oxygen atoms in total. The van der Waals surface area contributed by atoms with Crippen LogP contribution < -0.4 is 5.32 Å². The first kappa shape index (κ1) is 19.4. The average Bonchev–Trinajstić information content (AvgIpc) is 2.39. The minimum Gasteiger partial charge on any atom is -0.368 e. The van der Waals surface area contributed by atoms with Crippen molar-refractivity contribution in [2.45, 2.75) is 71.9 Å². The molecule has 0 aliphatic heterocycles. The van der Waals surface area contributed by atoms with Crippen molar-refractivity contribution in [3.05, 3.63) is 0 Å². The molecule has 1 aliphatic rings. The lowest BCUT2D eigenvalue weighted by molar-refractivity contribution is -0.130. The highest BCUT2D eigenvalue weighted by atomic mass is 16.5. The maximum absolute atomic E-state index is 12.2. The van der Waals surface area contributed by atoms with Gasteiger partial charge >= 0.3 is 0 Å². The first-order chi connectivity index (χ1) is 10.2. The van der Waals surface area contributed by atoms with Gasteiger partial charge in [0.15, 0.2) is 0 Å². The van der Waals surface area contributed by atoms with E-state index in [1.807, 2.05) is 0 Å². The van der Waals surface area contributed by atoms with Crippen molar-refractivity contribution >= 4 is 5.91 Å². The van der Waals surface area contributed by atoms with Gasteiger partial charge in [0.05, 0.1) is 6.10 Å². The molecule has 130 valence electrons. The Morgan fingerprint density at radius 2 is 2.00 bits per heavy atom. The van der Waals surface area contributed by atoms with Crippen LogP contribution in [-0.2, 0) is 9.53 Å². The van der Waals surface area contributed by atoms with Crippen LogP contribution in [0.2, 0.25) is 0 Å². The number of carbonyl (C=O) groups excluding carboxylic acids is 1. The molecule has 1 rings (SSSR count). The van der Waals surface area contributed by atoms with Crippen molar-refractivity contribution in [1.82, 2.24) is 10.2 Å². The lowest BCUT2D eigenvalue weighted by atomic mass is 9.84. The van der Waals surface area contributed by atoms with Gasteiger partial charge < -0.3 is 15.0 Å². The second-order valence-electron chi connectivity index (χ2n) is 8.28. The number of hydrogen-bond acceptors (Lipinski definition) is 3. The summed E-state index contributed by atoms with van der Waals surface area (Å²) in [5, 5.41) is 3.17. The summed E-state index contributed by atoms with van der Waals surface area (Å²) in [7, 11) is 4.13. The van der Waals surface area contributed by atoms with Gasteiger partial charge in [-0.15, -0.1) is 0 Å². The fraction of sp³-hybridized carbons (Fsp3) is 0.944. The van der Waals surface area contributed by atoms with Crippen molar-refractivity contribution in [2.24, 2.45) is 11.3 Å². The van der Waals surface area contributed by atoms with Crippen molar-refractivity contribution in [3.8, 4) is 0 Å². The van der Waals surface area contributed by atoms with Crippen LogP contribution in [0.1, 0.15) is 59.8 Å². The number of nitrogens with zero attached hydrogens (tertiary/aromatic N) is 1. The molecule has 3 unspecified atom stereocenters. The van der Waals surface area contributed by atoms with Gasteiger partial charge in [-0.05, 0) is 51.2 Å². The first-order valence-electron chi connectivity index (χ1n) is 8.74. The van der Waals surface area contributed by atoms with Gasteiger partial charge in [0, 0.05) is 6.04 Å². The fourth-order valence-electron chi connectivity index (χ4n) is 3.07. The fourth-order valence-corrected chi connectivity index (χ4v) is 3.07. The van der Waals surface area contributed by atoms with Crippen LogP contribution in [0.3, 0.4) is 0 Å². The summed E-state index contributed by atoms with van der Waals surface area (Å²) in [6.07, 6.45) is 5.94. The molecule has 0 heterocycles. The van der Waals surface area contributed by atoms with E-state index < -0.39 is 0 Å². The summed E-state index contributed by atoms with van der Waals surface area (Å²) >= 11 is 0. The predicted molar refractivity (Wildman–Crippen MR) is 91.9 cm³/mol. The van der Waals surface area contributed by atoms with Gasteiger partial charge in [0.25, 0.3) is 0 Å². The van der Waals surface area contributed by atoms with Gasteiger partial charge in [-0.2, -0.15) is 0 Å². The third-order valence-corrected chi connectivity index (χ3v) is 4.58. The standard InChI is InChI=1S/C18H36N2O2/c1-14-8-7-9-15(12-14)22-13-17(21)19-16(18(2,3)4)10-11-20(5)6/h14-16H,7-13H2,1-6H3,(H,19,21). The zero-order valence-electron chi connectivity index (χ0n) is 15.4. The van der Waals surface area contributed by atoms with Gasteiger partial charge in [-0.1, -0.05) is 40.5 Å². The SMILES string of the molecule is CC1CCCC(OCC(=O)NC(CCN(C)C)C(C)(C)C)C1. The van der Waals surface area contributed by atoms with Gasteiger partial charge in [-0.3, -0.25) is 4.79 Å². The molecule has 3 atom stereocenters. The highest BCUT2D eigenvalue weighted by Gasteiger charge is 2.27. The predicted octanol–water partition coefficient (Wildman–Crippen LogP) is 3.06. The zero-order chi connectivity index (χ0) is 16.8. The topological polar surface area (TPSA) is 41.6 Å². The van der Waals surface area contributed by atoms with Crippen molar-refractivity contribution in [2.75, 3.05) is 27.2 Å². The smallest absolute Gasteiger partial charge is 0.246 e. The van der Waals surface area contributed by atoms with Crippen LogP contribution in [0.4, 0.5) is 0 Å². The maximum Gasteiger partial charge on any atom is 0.246 e. The molecular weight excluding hydrogens is 276 g/mol. The maximum atomic E-state index is 12.2. The molecule has 1 fully saturated rings. The van der Waals surface area contributed by atoms with Crippen LogP contribution >= 0.6 is 0 Å². The normalized spacial score (nSPS) is 24.3. The molecule has 22 heavy (non-hydrogen) atoms. The lowest BCUT2D eigenvalue weighted by Crippen LogP contribution is -2.46. The van der Waals surface area contributed by atoms with Crippen molar-refractivity contribution in [3.63, 3.8) is 0 Å². The molecule has 0 aromatic heterocycles. The summed E-state index contributed by atoms with van der Waals surface area (Å²) in [6.45, 7) is 9.98. The summed E-state index contributed by atoms with van der Waals surface area (Å²) in [6, 6.07) is 0.177. The third kappa shape index (κ3) is 7.59. The van der Waals surface area contributed by atoms with E-state index in [0.29, 0.717) is 0 Å². The van der Waals surface area contributed by atoms with E-state index in [1.54, 1.807) is 0 Å². The van der Waals surface area contributed by atoms with Gasteiger partial charge in [0.2, 0.25) is 5.91 Å². The van der Waals surface area contributed by atoms with E-state index >= 15 is 0 Å². The number of hydrogen-bond donors (Lipinski definition) is 1. The van der Waals surface area contributed by atoms with Gasteiger partial charge in [0.1, 0.15) is 6.61 Å². The molecule has 0 aromatic carbocycles.